The number of unbranched alkanes of at least 4 members (excludes halogenated alkanes) is 3. The molecule has 0 spiro atoms. The summed E-state index contributed by atoms with van der Waals surface area (Å²) in [5, 5.41) is 17.7. The molecule has 18 fully saturated rings. The molecule has 112 heavy (non-hydrogen) atoms. The van der Waals surface area contributed by atoms with Crippen LogP contribution in [0.3, 0.4) is 0 Å². The summed E-state index contributed by atoms with van der Waals surface area (Å²) in [6.07, 6.45) is -2.46. The first-order valence-corrected chi connectivity index (χ1v) is 35.3. The normalized spacial score (nSPS) is 29.2. The zero-order chi connectivity index (χ0) is 74.6. The van der Waals surface area contributed by atoms with Crippen LogP contribution in [0.5, 0.6) is 0 Å². The van der Waals surface area contributed by atoms with E-state index in [9.17, 15) is 9.59 Å². The minimum absolute atomic E-state index is 0. The number of nitrogens with zero attached hydrogens (tertiary/aromatic N) is 26. The van der Waals surface area contributed by atoms with Gasteiger partial charge in [-0.3, -0.25) is 118 Å². The van der Waals surface area contributed by atoms with Gasteiger partial charge in [-0.05, 0) is 12.8 Å². The van der Waals surface area contributed by atoms with Gasteiger partial charge < -0.3 is 43.1 Å². The Hall–Kier alpha value is -11.5. The largest absolute Gasteiger partial charge is 0.478 e. The van der Waals surface area contributed by atoms with E-state index in [0.717, 1.165) is 38.8 Å². The average Bonchev–Trinajstić information content (AvgIpc) is 1.51. The summed E-state index contributed by atoms with van der Waals surface area (Å²) in [5.74, 6) is -1.81. The number of hydrogen-bond donors (Lipinski definition) is 2. The van der Waals surface area contributed by atoms with Gasteiger partial charge in [0.1, 0.15) is 93.1 Å². The highest BCUT2D eigenvalue weighted by Crippen LogP contribution is 2.52. The van der Waals surface area contributed by atoms with E-state index >= 15 is 57.5 Å². The van der Waals surface area contributed by atoms with Gasteiger partial charge in [0.2, 0.25) is 0 Å². The number of amides is 24. The second-order valence-corrected chi connectivity index (χ2v) is 29.3. The predicted octanol–water partition coefficient (Wildman–Crippen LogP) is -18.2. The molecule has 56 nitrogen and oxygen atoms in total. The molecule has 610 valence electrons. The molecule has 2 aromatic rings. The van der Waals surface area contributed by atoms with Crippen LogP contribution in [-0.4, -0.2) is 399 Å². The molecule has 0 bridgehead atoms. The molecule has 20 heterocycles. The van der Waals surface area contributed by atoms with Gasteiger partial charge in [-0.15, -0.1) is 20.5 Å². The van der Waals surface area contributed by atoms with Crippen LogP contribution in [-0.2, 0) is 13.1 Å². The van der Waals surface area contributed by atoms with Crippen molar-refractivity contribution < 1.29 is 177 Å². The molecular formula is C54H70Cl2N26O30. The Balaban J connectivity index is 0.000000247. The number of hydrogen-bond acceptors (Lipinski definition) is 22. The van der Waals surface area contributed by atoms with Crippen molar-refractivity contribution in [1.82, 2.24) is 118 Å². The Morgan fingerprint density at radius 1 is 0.259 bits per heavy atom. The fourth-order valence-corrected chi connectivity index (χ4v) is 18.4. The van der Waals surface area contributed by atoms with Crippen LogP contribution in [0.4, 0.5) is 57.5 Å². The molecule has 2 aromatic heterocycles. The Kier molecular flexibility index (Phi) is 19.4. The van der Waals surface area contributed by atoms with E-state index in [1.54, 1.807) is 49.1 Å². The second-order valence-electron chi connectivity index (χ2n) is 27.8. The number of halogens is 2. The van der Waals surface area contributed by atoms with Crippen LogP contribution in [0.25, 0.3) is 0 Å². The molecule has 14 N–H and O–H groups in total. The summed E-state index contributed by atoms with van der Waals surface area (Å²) in [6.45, 7) is -3.73. The van der Waals surface area contributed by atoms with Crippen LogP contribution in [0.1, 0.15) is 46.4 Å². The molecule has 20 rings (SSSR count). The van der Waals surface area contributed by atoms with Crippen LogP contribution in [0, 0.1) is 20.5 Å². The lowest BCUT2D eigenvalue weighted by Gasteiger charge is -2.42. The Morgan fingerprint density at radius 3 is 0.464 bits per heavy atom. The van der Waals surface area contributed by atoms with Gasteiger partial charge in [-0.1, -0.05) is 0 Å². The number of aromatic nitrogens is 2. The van der Waals surface area contributed by atoms with Crippen molar-refractivity contribution in [3.05, 3.63) is 60.2 Å². The lowest BCUT2D eigenvalue weighted by atomic mass is 10.2. The molecule has 58 heteroatoms. The van der Waals surface area contributed by atoms with Gasteiger partial charge >= 0.3 is 84.3 Å². The lowest BCUT2D eigenvalue weighted by molar-refractivity contribution is -2.00. The Bertz CT molecular complexity index is 3400. The molecule has 18 aliphatic heterocycles. The number of carboxylic acid groups (broad SMARTS) is 2. The highest BCUT2D eigenvalue weighted by Gasteiger charge is 2.76. The van der Waals surface area contributed by atoms with Gasteiger partial charge in [0.05, 0.1) is 11.1 Å². The third-order valence-corrected chi connectivity index (χ3v) is 22.7. The molecule has 0 unspecified atom stereocenters. The number of carbonyl (C=O) groups excluding carboxylic acids is 12. The van der Waals surface area contributed by atoms with E-state index in [1.807, 2.05) is 9.13 Å². The highest BCUT2D eigenvalue weighted by atomic mass is 35.7. The molecule has 18 aliphatic rings. The fourth-order valence-electron chi connectivity index (χ4n) is 18.4. The van der Waals surface area contributed by atoms with E-state index in [1.165, 1.54) is 118 Å². The number of aryl methyl sites for hydroxylation is 2. The number of carbonyl (C=O) groups is 14. The minimum Gasteiger partial charge on any atom is -0.478 e. The van der Waals surface area contributed by atoms with Gasteiger partial charge in [-0.2, -0.15) is 0 Å². The maximum Gasteiger partial charge on any atom is 0.336 e. The predicted molar refractivity (Wildman–Crippen MR) is 320 cm³/mol. The van der Waals surface area contributed by atoms with Gasteiger partial charge in [0.25, 0.3) is 0 Å². The topological polar surface area (TPSA) is 738 Å². The van der Waals surface area contributed by atoms with Gasteiger partial charge in [0, 0.05) is 37.1 Å². The average molecular weight is 1630 g/mol. The zero-order valence-electron chi connectivity index (χ0n) is 57.5. The van der Waals surface area contributed by atoms with Crippen molar-refractivity contribution in [3.63, 3.8) is 0 Å². The first kappa shape index (κ1) is 80.0. The van der Waals surface area contributed by atoms with Crippen LogP contribution >= 0.6 is 0 Å². The maximum absolute atomic E-state index is 15.1. The first-order chi connectivity index (χ1) is 50.3. The number of urea groups is 12. The number of carboxylic acids is 2. The third kappa shape index (κ3) is 11.2. The number of rotatable bonds is 9. The molecule has 0 atom stereocenters. The molecule has 24 amide bonds. The van der Waals surface area contributed by atoms with E-state index < -0.39 is 259 Å². The van der Waals surface area contributed by atoms with Crippen LogP contribution in [0.15, 0.2) is 49.1 Å². The van der Waals surface area contributed by atoms with Gasteiger partial charge in [0.15, 0.2) is 98.8 Å². The molecule has 0 aliphatic carbocycles. The van der Waals surface area contributed by atoms with E-state index in [4.69, 9.17) is 47.5 Å². The zero-order valence-corrected chi connectivity index (χ0v) is 59.0. The Labute approximate surface area is 630 Å². The van der Waals surface area contributed by atoms with Crippen molar-refractivity contribution in [3.8, 4) is 0 Å². The lowest BCUT2D eigenvalue weighted by Crippen LogP contribution is -2.68. The van der Waals surface area contributed by atoms with Crippen molar-refractivity contribution in [2.75, 3.05) is 80.0 Å². The maximum atomic E-state index is 15.1. The molecule has 0 aromatic carbocycles. The van der Waals surface area contributed by atoms with E-state index in [2.05, 4.69) is 0 Å². The summed E-state index contributed by atoms with van der Waals surface area (Å²) >= 11 is 0. The minimum atomic E-state index is -4.94. The van der Waals surface area contributed by atoms with Crippen molar-refractivity contribution in [2.24, 2.45) is 0 Å². The standard InChI is InChI=1S/C36H36N24O12.C18H20N2O4.2ClHO4.6H2O/c61-25-37-1-38-14-16-42(26(38)62)4-46-18-20-50(30(46)66)8-54-22-24-58(34(54)70)11-57-23-21-53(33(57)69)7-49-19-17-45(29(49)65)3-41(25)15-13(37)39-2-40(14)28(64)44(16)6-48(18)32(68)52(20)10-56(22)36(72)60(24)12-59(23)35(71)55(21)9-51(19)31(67)47(17)5-43(15)27(39)63;21-17(22)15-5-11-19(12-6-15)9-3-1-2-4-10-20-13-7-16(8-14-20)18(23)24;2*2-1(3,4)5;;;;;;/h13-24H,1-12H2;5-8,11-14H,1-4,9-10H2;2*(H,2,3,4,5);6*1H2. The highest BCUT2D eigenvalue weighted by molar-refractivity contribution is 5.95. The molecule has 0 saturated carbocycles. The summed E-state index contributed by atoms with van der Waals surface area (Å²) in [5.41, 5.74) is 0.606. The quantitative estimate of drug-likeness (QED) is 0.174. The Morgan fingerprint density at radius 2 is 0.366 bits per heavy atom. The van der Waals surface area contributed by atoms with E-state index in [-0.39, 0.29) is 32.9 Å². The third-order valence-electron chi connectivity index (χ3n) is 22.7. The summed E-state index contributed by atoms with van der Waals surface area (Å²) in [4.78, 5) is 235. The second kappa shape index (κ2) is 27.2. The van der Waals surface area contributed by atoms with Crippen molar-refractivity contribution in [2.45, 2.75) is 113 Å². The SMILES string of the molecule is O.O.O.O.O.O.O=C(O)c1cc[n+](CCCCCC[n+]2ccc(C(=O)O)cc2)cc1.O=C1N2CN3C(=O)N4CN5C(=O)N6CN7C(=O)N8CN9C(=O)N%10CN%11C(=O)N%12CN1C1C2N2CN%13C(=O)N(CN%14C(=O)N(CN%15C(=O)N(CN%16C(=O)N(CN%17C(=O)N(CN1C2=O)C%12C%11%17)C%10C9%16)C8C7%15)C6C5%14)C4C3%13.[O-][Cl+3]([O-])([O-])[O-].[O-][Cl+3]([O-])([O-])[O-]. The summed E-state index contributed by atoms with van der Waals surface area (Å²) in [6, 6.07) is -1.45. The summed E-state index contributed by atoms with van der Waals surface area (Å²) < 4.78 is 71.9. The monoisotopic (exact) mass is 1630 g/mol. The van der Waals surface area contributed by atoms with Crippen molar-refractivity contribution in [1.29, 1.82) is 0 Å². The molecular weight excluding hydrogens is 1560 g/mol. The van der Waals surface area contributed by atoms with Crippen LogP contribution < -0.4 is 46.4 Å². The van der Waals surface area contributed by atoms with Crippen molar-refractivity contribution >= 4 is 84.3 Å². The molecule has 18 saturated heterocycles. The number of pyridine rings is 2. The van der Waals surface area contributed by atoms with Crippen LogP contribution in [0.2, 0.25) is 0 Å². The van der Waals surface area contributed by atoms with E-state index in [0.29, 0.717) is 11.1 Å². The summed E-state index contributed by atoms with van der Waals surface area (Å²) in [7, 11) is -9.89. The smallest absolute Gasteiger partial charge is 0.336 e. The first-order valence-electron chi connectivity index (χ1n) is 32.8. The fraction of sp³-hybridized carbons (Fsp3) is 0.556. The molecule has 0 radical (unpaired) electrons. The van der Waals surface area contributed by atoms with Gasteiger partial charge in [-0.25, -0.2) is 114 Å². The number of aromatic carboxylic acids is 2.